The molecular formula is C13H9ClN6O4S. The third kappa shape index (κ3) is 3.56. The first-order valence-corrected chi connectivity index (χ1v) is 8.50. The van der Waals surface area contributed by atoms with Crippen molar-refractivity contribution in [1.29, 1.82) is 0 Å². The second-order valence-corrected chi connectivity index (χ2v) is 6.77. The number of imidazole rings is 1. The van der Waals surface area contributed by atoms with Gasteiger partial charge in [-0.15, -0.1) is 0 Å². The average molecular weight is 381 g/mol. The molecule has 0 saturated heterocycles. The van der Waals surface area contributed by atoms with Crippen molar-refractivity contribution in [3.05, 3.63) is 64.5 Å². The Bertz CT molecular complexity index is 1040. The van der Waals surface area contributed by atoms with Crippen LogP contribution in [0.25, 0.3) is 5.82 Å². The Morgan fingerprint density at radius 2 is 2.04 bits per heavy atom. The van der Waals surface area contributed by atoms with Crippen LogP contribution in [-0.4, -0.2) is 32.9 Å². The molecule has 0 aliphatic heterocycles. The number of nitro benzene ring substituents is 1. The molecule has 1 aromatic carbocycles. The molecular weight excluding hydrogens is 372 g/mol. The predicted octanol–water partition coefficient (Wildman–Crippen LogP) is 2.02. The van der Waals surface area contributed by atoms with E-state index in [0.717, 1.165) is 18.2 Å². The van der Waals surface area contributed by atoms with Gasteiger partial charge in [-0.1, -0.05) is 11.6 Å². The Morgan fingerprint density at radius 3 is 2.72 bits per heavy atom. The van der Waals surface area contributed by atoms with Gasteiger partial charge < -0.3 is 0 Å². The average Bonchev–Trinajstić information content (AvgIpc) is 3.09. The van der Waals surface area contributed by atoms with E-state index >= 15 is 0 Å². The summed E-state index contributed by atoms with van der Waals surface area (Å²) in [5, 5.41) is 10.7. The Morgan fingerprint density at radius 1 is 1.24 bits per heavy atom. The van der Waals surface area contributed by atoms with Gasteiger partial charge in [0, 0.05) is 30.6 Å². The van der Waals surface area contributed by atoms with E-state index in [1.54, 1.807) is 10.8 Å². The number of rotatable bonds is 5. The fraction of sp³-hybridized carbons (Fsp3) is 0. The number of halogens is 1. The van der Waals surface area contributed by atoms with E-state index in [1.165, 1.54) is 24.9 Å². The quantitative estimate of drug-likeness (QED) is 0.528. The summed E-state index contributed by atoms with van der Waals surface area (Å²) in [5.74, 6) is 0.358. The first-order valence-electron chi connectivity index (χ1n) is 6.64. The Balaban J connectivity index is 1.96. The molecule has 0 aliphatic carbocycles. The third-order valence-electron chi connectivity index (χ3n) is 3.08. The molecule has 2 aromatic heterocycles. The molecule has 3 rings (SSSR count). The summed E-state index contributed by atoms with van der Waals surface area (Å²) in [6.07, 6.45) is 5.81. The van der Waals surface area contributed by atoms with Crippen molar-refractivity contribution in [2.75, 3.05) is 4.72 Å². The van der Waals surface area contributed by atoms with E-state index in [2.05, 4.69) is 19.7 Å². The van der Waals surface area contributed by atoms with Crippen LogP contribution in [0.15, 0.2) is 54.2 Å². The van der Waals surface area contributed by atoms with Crippen molar-refractivity contribution < 1.29 is 13.3 Å². The van der Waals surface area contributed by atoms with Crippen LogP contribution in [0.1, 0.15) is 0 Å². The number of nitrogens with one attached hydrogen (secondary N) is 1. The largest absolute Gasteiger partial charge is 0.290 e. The van der Waals surface area contributed by atoms with Gasteiger partial charge in [0.05, 0.1) is 9.95 Å². The number of anilines is 1. The number of non-ortho nitro benzene ring substituents is 1. The van der Waals surface area contributed by atoms with Crippen LogP contribution in [0, 0.1) is 10.1 Å². The highest BCUT2D eigenvalue weighted by Crippen LogP contribution is 2.27. The molecule has 0 fully saturated rings. The molecule has 10 nitrogen and oxygen atoms in total. The maximum Gasteiger partial charge on any atom is 0.270 e. The normalized spacial score (nSPS) is 11.2. The molecule has 1 N–H and O–H groups in total. The lowest BCUT2D eigenvalue weighted by molar-refractivity contribution is -0.385. The molecule has 25 heavy (non-hydrogen) atoms. The van der Waals surface area contributed by atoms with Gasteiger partial charge in [0.1, 0.15) is 29.2 Å². The number of sulfonamides is 1. The fourth-order valence-electron chi connectivity index (χ4n) is 1.94. The maximum atomic E-state index is 12.5. The van der Waals surface area contributed by atoms with Gasteiger partial charge in [0.25, 0.3) is 15.7 Å². The van der Waals surface area contributed by atoms with Crippen molar-refractivity contribution in [2.24, 2.45) is 0 Å². The second-order valence-electron chi connectivity index (χ2n) is 4.71. The maximum absolute atomic E-state index is 12.5. The van der Waals surface area contributed by atoms with E-state index < -0.39 is 25.5 Å². The summed E-state index contributed by atoms with van der Waals surface area (Å²) in [6, 6.07) is 4.52. The van der Waals surface area contributed by atoms with E-state index in [4.69, 9.17) is 11.6 Å². The Kier molecular flexibility index (Phi) is 4.33. The van der Waals surface area contributed by atoms with Crippen LogP contribution in [-0.2, 0) is 10.0 Å². The summed E-state index contributed by atoms with van der Waals surface area (Å²) in [7, 11) is -4.19. The highest BCUT2D eigenvalue weighted by atomic mass is 35.5. The lowest BCUT2D eigenvalue weighted by Crippen LogP contribution is -2.15. The van der Waals surface area contributed by atoms with Crippen molar-refractivity contribution >= 4 is 33.1 Å². The minimum Gasteiger partial charge on any atom is -0.290 e. The molecule has 0 bridgehead atoms. The van der Waals surface area contributed by atoms with Crippen molar-refractivity contribution in [3.63, 3.8) is 0 Å². The zero-order chi connectivity index (χ0) is 18.0. The van der Waals surface area contributed by atoms with E-state index in [-0.39, 0.29) is 10.8 Å². The number of aromatic nitrogens is 4. The molecule has 0 spiro atoms. The SMILES string of the molecule is O=[N+]([O-])c1ccc(Cl)c(S(=O)(=O)Nc2cc(-n3ccnc3)ncn2)c1. The Hall–Kier alpha value is -3.05. The van der Waals surface area contributed by atoms with E-state index in [1.807, 2.05) is 0 Å². The first kappa shape index (κ1) is 16.8. The fourth-order valence-corrected chi connectivity index (χ4v) is 3.46. The molecule has 0 radical (unpaired) electrons. The van der Waals surface area contributed by atoms with Crippen LogP contribution in [0.2, 0.25) is 5.02 Å². The zero-order valence-electron chi connectivity index (χ0n) is 12.3. The molecule has 0 amide bonds. The standard InChI is InChI=1S/C13H9ClN6O4S/c14-10-2-1-9(20(21)22)5-11(10)25(23,24)18-12-6-13(17-7-16-12)19-4-3-15-8-19/h1-8H,(H,16,17,18). The third-order valence-corrected chi connectivity index (χ3v) is 4.91. The molecule has 3 aromatic rings. The van der Waals surface area contributed by atoms with Crippen molar-refractivity contribution in [1.82, 2.24) is 19.5 Å². The molecule has 0 atom stereocenters. The number of nitrogens with zero attached hydrogens (tertiary/aromatic N) is 5. The number of hydrogen-bond acceptors (Lipinski definition) is 7. The summed E-state index contributed by atoms with van der Waals surface area (Å²) in [6.45, 7) is 0. The van der Waals surface area contributed by atoms with Crippen LogP contribution >= 0.6 is 11.6 Å². The van der Waals surface area contributed by atoms with E-state index in [9.17, 15) is 18.5 Å². The molecule has 12 heteroatoms. The van der Waals surface area contributed by atoms with Crippen LogP contribution in [0.5, 0.6) is 0 Å². The van der Waals surface area contributed by atoms with Gasteiger partial charge in [0.2, 0.25) is 0 Å². The van der Waals surface area contributed by atoms with Gasteiger partial charge in [-0.05, 0) is 6.07 Å². The summed E-state index contributed by atoms with van der Waals surface area (Å²) in [5.41, 5.74) is -0.397. The lowest BCUT2D eigenvalue weighted by atomic mass is 10.3. The molecule has 0 unspecified atom stereocenters. The number of benzene rings is 1. The van der Waals surface area contributed by atoms with E-state index in [0.29, 0.717) is 5.82 Å². The highest BCUT2D eigenvalue weighted by molar-refractivity contribution is 7.92. The van der Waals surface area contributed by atoms with Gasteiger partial charge in [0.15, 0.2) is 0 Å². The summed E-state index contributed by atoms with van der Waals surface area (Å²) in [4.78, 5) is 21.4. The van der Waals surface area contributed by atoms with Gasteiger partial charge >= 0.3 is 0 Å². The number of nitro groups is 1. The summed E-state index contributed by atoms with van der Waals surface area (Å²) >= 11 is 5.88. The monoisotopic (exact) mass is 380 g/mol. The topological polar surface area (TPSA) is 133 Å². The van der Waals surface area contributed by atoms with Crippen LogP contribution in [0.4, 0.5) is 11.5 Å². The Labute approximate surface area is 146 Å². The minimum atomic E-state index is -4.19. The smallest absolute Gasteiger partial charge is 0.270 e. The molecule has 2 heterocycles. The van der Waals surface area contributed by atoms with Crippen LogP contribution < -0.4 is 4.72 Å². The van der Waals surface area contributed by atoms with Crippen molar-refractivity contribution in [3.8, 4) is 5.82 Å². The number of hydrogen-bond donors (Lipinski definition) is 1. The van der Waals surface area contributed by atoms with Crippen LogP contribution in [0.3, 0.4) is 0 Å². The predicted molar refractivity (Wildman–Crippen MR) is 88.1 cm³/mol. The molecule has 0 saturated carbocycles. The van der Waals surface area contributed by atoms with Gasteiger partial charge in [-0.2, -0.15) is 0 Å². The van der Waals surface area contributed by atoms with Gasteiger partial charge in [-0.3, -0.25) is 19.4 Å². The van der Waals surface area contributed by atoms with Gasteiger partial charge in [-0.25, -0.2) is 23.4 Å². The molecule has 128 valence electrons. The first-order chi connectivity index (χ1) is 11.9. The summed E-state index contributed by atoms with van der Waals surface area (Å²) < 4.78 is 28.8. The highest BCUT2D eigenvalue weighted by Gasteiger charge is 2.22. The lowest BCUT2D eigenvalue weighted by Gasteiger charge is -2.09. The second kappa shape index (κ2) is 6.45. The zero-order valence-corrected chi connectivity index (χ0v) is 13.8. The molecule has 0 aliphatic rings. The minimum absolute atomic E-state index is 0.0266. The van der Waals surface area contributed by atoms with Crippen molar-refractivity contribution in [2.45, 2.75) is 4.90 Å².